The quantitative estimate of drug-likeness (QED) is 0.806. The fourth-order valence-corrected chi connectivity index (χ4v) is 3.29. The van der Waals surface area contributed by atoms with Crippen LogP contribution in [0.25, 0.3) is 0 Å². The van der Waals surface area contributed by atoms with E-state index in [2.05, 4.69) is 4.72 Å². The number of nitrogens with one attached hydrogen (secondary N) is 1. The second-order valence-electron chi connectivity index (χ2n) is 4.33. The lowest BCUT2D eigenvalue weighted by Gasteiger charge is -2.16. The van der Waals surface area contributed by atoms with Gasteiger partial charge in [0.1, 0.15) is 5.75 Å². The highest BCUT2D eigenvalue weighted by Crippen LogP contribution is 2.20. The Balaban J connectivity index is 2.20. The Bertz CT molecular complexity index is 600. The van der Waals surface area contributed by atoms with E-state index in [4.69, 9.17) is 14.6 Å². The monoisotopic (exact) mass is 301 g/mol. The maximum atomic E-state index is 12.2. The van der Waals surface area contributed by atoms with Crippen LogP contribution in [0.3, 0.4) is 0 Å². The molecule has 1 aromatic rings. The summed E-state index contributed by atoms with van der Waals surface area (Å²) < 4.78 is 36.8. The third-order valence-corrected chi connectivity index (χ3v) is 4.48. The molecular weight excluding hydrogens is 286 g/mol. The predicted molar refractivity (Wildman–Crippen MR) is 69.1 cm³/mol. The largest absolute Gasteiger partial charge is 0.497 e. The summed E-state index contributed by atoms with van der Waals surface area (Å²) in [7, 11) is -2.38. The van der Waals surface area contributed by atoms with Crippen molar-refractivity contribution in [2.75, 3.05) is 13.7 Å². The molecule has 2 rings (SSSR count). The highest BCUT2D eigenvalue weighted by Gasteiger charge is 2.37. The summed E-state index contributed by atoms with van der Waals surface area (Å²) >= 11 is 0. The number of benzene rings is 1. The highest BCUT2D eigenvalue weighted by molar-refractivity contribution is 7.89. The normalized spacial score (nSPS) is 22.6. The zero-order valence-corrected chi connectivity index (χ0v) is 11.6. The summed E-state index contributed by atoms with van der Waals surface area (Å²) in [5.41, 5.74) is 0. The summed E-state index contributed by atoms with van der Waals surface area (Å²) in [4.78, 5) is 11.0. The van der Waals surface area contributed by atoms with Crippen LogP contribution in [0.1, 0.15) is 6.42 Å². The van der Waals surface area contributed by atoms with Crippen LogP contribution in [0, 0.1) is 0 Å². The number of hydrogen-bond acceptors (Lipinski definition) is 5. The highest BCUT2D eigenvalue weighted by atomic mass is 32.2. The van der Waals surface area contributed by atoms with Crippen molar-refractivity contribution in [3.63, 3.8) is 0 Å². The van der Waals surface area contributed by atoms with Crippen molar-refractivity contribution in [3.05, 3.63) is 24.3 Å². The van der Waals surface area contributed by atoms with Gasteiger partial charge in [0.2, 0.25) is 10.0 Å². The molecule has 1 fully saturated rings. The van der Waals surface area contributed by atoms with Crippen LogP contribution >= 0.6 is 0 Å². The van der Waals surface area contributed by atoms with Gasteiger partial charge in [-0.15, -0.1) is 0 Å². The van der Waals surface area contributed by atoms with Crippen LogP contribution in [0.4, 0.5) is 0 Å². The number of methoxy groups -OCH3 is 1. The first kappa shape index (κ1) is 14.8. The Labute approximate surface area is 116 Å². The van der Waals surface area contributed by atoms with E-state index in [1.165, 1.54) is 19.2 Å². The Kier molecular flexibility index (Phi) is 4.26. The molecule has 20 heavy (non-hydrogen) atoms. The number of hydrogen-bond donors (Lipinski definition) is 2. The number of rotatable bonds is 5. The third kappa shape index (κ3) is 3.09. The maximum absolute atomic E-state index is 12.2. The van der Waals surface area contributed by atoms with Gasteiger partial charge in [0.05, 0.1) is 18.0 Å². The minimum Gasteiger partial charge on any atom is -0.497 e. The molecule has 1 saturated heterocycles. The van der Waals surface area contributed by atoms with E-state index in [-0.39, 0.29) is 11.5 Å². The molecule has 0 aliphatic carbocycles. The lowest BCUT2D eigenvalue weighted by atomic mass is 10.1. The Hall–Kier alpha value is -1.64. The average Bonchev–Trinajstić information content (AvgIpc) is 2.86. The van der Waals surface area contributed by atoms with Crippen molar-refractivity contribution in [1.82, 2.24) is 4.72 Å². The third-order valence-electron chi connectivity index (χ3n) is 2.99. The topological polar surface area (TPSA) is 102 Å². The minimum atomic E-state index is -3.82. The molecule has 110 valence electrons. The molecule has 0 spiro atoms. The molecule has 7 nitrogen and oxygen atoms in total. The number of ether oxygens (including phenoxy) is 2. The van der Waals surface area contributed by atoms with E-state index in [9.17, 15) is 13.2 Å². The summed E-state index contributed by atoms with van der Waals surface area (Å²) in [6.45, 7) is 0.211. The lowest BCUT2D eigenvalue weighted by molar-refractivity contribution is -0.147. The van der Waals surface area contributed by atoms with Crippen LogP contribution in [0.15, 0.2) is 29.2 Å². The fourth-order valence-electron chi connectivity index (χ4n) is 1.99. The fraction of sp³-hybridized carbons (Fsp3) is 0.417. The smallest absolute Gasteiger partial charge is 0.334 e. The standard InChI is InChI=1S/C12H15NO6S/c1-18-8-3-2-4-9(7-8)20(16,17)13-10-5-6-19-11(10)12(14)15/h2-4,7,10-11,13H,5-6H2,1H3,(H,14,15)/t10-,11+/m1/s1. The molecule has 2 atom stereocenters. The van der Waals surface area contributed by atoms with Crippen LogP contribution in [-0.4, -0.2) is 45.4 Å². The average molecular weight is 301 g/mol. The number of carboxylic acid groups (broad SMARTS) is 1. The van der Waals surface area contributed by atoms with Gasteiger partial charge in [-0.05, 0) is 18.6 Å². The van der Waals surface area contributed by atoms with Gasteiger partial charge in [-0.25, -0.2) is 17.9 Å². The molecule has 0 radical (unpaired) electrons. The maximum Gasteiger partial charge on any atom is 0.334 e. The van der Waals surface area contributed by atoms with Crippen LogP contribution in [0.5, 0.6) is 5.75 Å². The first-order chi connectivity index (χ1) is 9.44. The minimum absolute atomic E-state index is 0.0212. The van der Waals surface area contributed by atoms with Crippen molar-refractivity contribution >= 4 is 16.0 Å². The van der Waals surface area contributed by atoms with Crippen molar-refractivity contribution in [1.29, 1.82) is 0 Å². The van der Waals surface area contributed by atoms with Gasteiger partial charge in [-0.3, -0.25) is 0 Å². The second kappa shape index (κ2) is 5.78. The Morgan fingerprint density at radius 2 is 2.25 bits per heavy atom. The van der Waals surface area contributed by atoms with Crippen molar-refractivity contribution in [3.8, 4) is 5.75 Å². The summed E-state index contributed by atoms with van der Waals surface area (Å²) in [6.07, 6.45) is -0.837. The number of carbonyl (C=O) groups is 1. The van der Waals surface area contributed by atoms with E-state index in [0.717, 1.165) is 0 Å². The summed E-state index contributed by atoms with van der Waals surface area (Å²) in [5.74, 6) is -0.772. The molecule has 1 aromatic carbocycles. The zero-order chi connectivity index (χ0) is 14.8. The molecule has 0 bridgehead atoms. The van der Waals surface area contributed by atoms with E-state index in [0.29, 0.717) is 12.2 Å². The van der Waals surface area contributed by atoms with Gasteiger partial charge in [0, 0.05) is 12.7 Å². The van der Waals surface area contributed by atoms with Crippen LogP contribution in [0.2, 0.25) is 0 Å². The molecule has 2 N–H and O–H groups in total. The van der Waals surface area contributed by atoms with Crippen molar-refractivity contribution in [2.45, 2.75) is 23.5 Å². The lowest BCUT2D eigenvalue weighted by Crippen LogP contribution is -2.43. The second-order valence-corrected chi connectivity index (χ2v) is 6.04. The molecule has 1 aliphatic heterocycles. The van der Waals surface area contributed by atoms with Gasteiger partial charge in [0.25, 0.3) is 0 Å². The van der Waals surface area contributed by atoms with Crippen LogP contribution < -0.4 is 9.46 Å². The van der Waals surface area contributed by atoms with Gasteiger partial charge in [-0.1, -0.05) is 6.07 Å². The summed E-state index contributed by atoms with van der Waals surface area (Å²) in [6, 6.07) is 5.18. The Morgan fingerprint density at radius 1 is 1.50 bits per heavy atom. The number of carboxylic acids is 1. The molecule has 8 heteroatoms. The Morgan fingerprint density at radius 3 is 2.90 bits per heavy atom. The molecular formula is C12H15NO6S. The molecule has 0 amide bonds. The van der Waals surface area contributed by atoms with E-state index in [1.807, 2.05) is 0 Å². The van der Waals surface area contributed by atoms with Gasteiger partial charge >= 0.3 is 5.97 Å². The van der Waals surface area contributed by atoms with E-state index < -0.39 is 28.1 Å². The van der Waals surface area contributed by atoms with E-state index in [1.54, 1.807) is 12.1 Å². The zero-order valence-electron chi connectivity index (χ0n) is 10.8. The van der Waals surface area contributed by atoms with Crippen molar-refractivity contribution in [2.24, 2.45) is 0 Å². The molecule has 1 aliphatic rings. The van der Waals surface area contributed by atoms with E-state index >= 15 is 0 Å². The molecule has 0 aromatic heterocycles. The number of sulfonamides is 1. The molecule has 1 heterocycles. The van der Waals surface area contributed by atoms with Gasteiger partial charge in [0.15, 0.2) is 6.10 Å². The SMILES string of the molecule is COc1cccc(S(=O)(=O)N[C@@H]2CCO[C@@H]2C(=O)O)c1. The molecule has 0 unspecified atom stereocenters. The van der Waals surface area contributed by atoms with Crippen LogP contribution in [-0.2, 0) is 19.6 Å². The first-order valence-corrected chi connectivity index (χ1v) is 7.43. The van der Waals surface area contributed by atoms with Crippen molar-refractivity contribution < 1.29 is 27.8 Å². The van der Waals surface area contributed by atoms with Gasteiger partial charge in [-0.2, -0.15) is 0 Å². The van der Waals surface area contributed by atoms with Gasteiger partial charge < -0.3 is 14.6 Å². The number of aliphatic carboxylic acids is 1. The molecule has 0 saturated carbocycles. The predicted octanol–water partition coefficient (Wildman–Crippen LogP) is 0.216. The summed E-state index contributed by atoms with van der Waals surface area (Å²) in [5, 5.41) is 8.95. The first-order valence-electron chi connectivity index (χ1n) is 5.95.